The van der Waals surface area contributed by atoms with E-state index in [2.05, 4.69) is 64.1 Å². The highest BCUT2D eigenvalue weighted by atomic mass is 35.5. The van der Waals surface area contributed by atoms with Crippen molar-refractivity contribution < 1.29 is 14.2 Å². The maximum atomic E-state index is 12.0. The molecule has 0 radical (unpaired) electrons. The fourth-order valence-electron chi connectivity index (χ4n) is 6.50. The van der Waals surface area contributed by atoms with Crippen LogP contribution >= 0.6 is 11.6 Å². The second-order valence-corrected chi connectivity index (χ2v) is 12.4. The van der Waals surface area contributed by atoms with Gasteiger partial charge in [-0.1, -0.05) is 74.0 Å². The first-order chi connectivity index (χ1) is 19.4. The van der Waals surface area contributed by atoms with Crippen molar-refractivity contribution in [3.05, 3.63) is 106 Å². The SMILES string of the molecule is CC1(C)C(=C/C=C2\CCCC(/C=C/C3=[N+](CC(N)=O)c4ccccc4C3(C)C)=C2Cl)N(CC(N)=O)c2ccccc21. The summed E-state index contributed by atoms with van der Waals surface area (Å²) in [6, 6.07) is 16.3. The van der Waals surface area contributed by atoms with Gasteiger partial charge in [0.25, 0.3) is 5.91 Å². The maximum absolute atomic E-state index is 12.0. The summed E-state index contributed by atoms with van der Waals surface area (Å²) < 4.78 is 2.01. The third-order valence-electron chi connectivity index (χ3n) is 8.57. The van der Waals surface area contributed by atoms with Gasteiger partial charge in [-0.3, -0.25) is 9.59 Å². The first-order valence-corrected chi connectivity index (χ1v) is 14.5. The lowest BCUT2D eigenvalue weighted by Gasteiger charge is -2.26. The van der Waals surface area contributed by atoms with Gasteiger partial charge in [-0.2, -0.15) is 4.58 Å². The van der Waals surface area contributed by atoms with E-state index >= 15 is 0 Å². The average Bonchev–Trinajstić information content (AvgIpc) is 3.26. The summed E-state index contributed by atoms with van der Waals surface area (Å²) in [7, 11) is 0. The largest absolute Gasteiger partial charge is 0.368 e. The highest BCUT2D eigenvalue weighted by molar-refractivity contribution is 6.32. The zero-order chi connectivity index (χ0) is 29.5. The topological polar surface area (TPSA) is 92.4 Å². The molecule has 2 amide bonds. The highest BCUT2D eigenvalue weighted by Gasteiger charge is 2.44. The maximum Gasteiger partial charge on any atom is 0.283 e. The van der Waals surface area contributed by atoms with Crippen LogP contribution in [0.1, 0.15) is 58.1 Å². The molecule has 212 valence electrons. The Hall–Kier alpha value is -3.90. The van der Waals surface area contributed by atoms with E-state index in [-0.39, 0.29) is 35.7 Å². The second kappa shape index (κ2) is 10.8. The van der Waals surface area contributed by atoms with Crippen molar-refractivity contribution in [2.24, 2.45) is 11.5 Å². The predicted octanol–water partition coefficient (Wildman–Crippen LogP) is 5.87. The zero-order valence-electron chi connectivity index (χ0n) is 24.2. The molecule has 2 heterocycles. The number of fused-ring (bicyclic) bond motifs is 2. The summed E-state index contributed by atoms with van der Waals surface area (Å²) in [6.45, 7) is 8.90. The van der Waals surface area contributed by atoms with Crippen LogP contribution in [0.5, 0.6) is 0 Å². The molecule has 0 spiro atoms. The molecule has 0 fully saturated rings. The monoisotopic (exact) mass is 569 g/mol. The third-order valence-corrected chi connectivity index (χ3v) is 9.05. The van der Waals surface area contributed by atoms with E-state index in [1.165, 1.54) is 0 Å². The predicted molar refractivity (Wildman–Crippen MR) is 167 cm³/mol. The Kier molecular flexibility index (Phi) is 7.56. The van der Waals surface area contributed by atoms with Crippen molar-refractivity contribution in [1.29, 1.82) is 0 Å². The molecule has 0 atom stereocenters. The number of nitrogens with two attached hydrogens (primary N) is 2. The summed E-state index contributed by atoms with van der Waals surface area (Å²) >= 11 is 7.03. The van der Waals surface area contributed by atoms with Gasteiger partial charge in [0, 0.05) is 39.5 Å². The molecule has 5 rings (SSSR count). The van der Waals surface area contributed by atoms with E-state index in [0.717, 1.165) is 69.4 Å². The summed E-state index contributed by atoms with van der Waals surface area (Å²) in [6.07, 6.45) is 11.1. The van der Waals surface area contributed by atoms with Gasteiger partial charge in [0.2, 0.25) is 18.1 Å². The van der Waals surface area contributed by atoms with Crippen molar-refractivity contribution in [2.45, 2.75) is 57.8 Å². The molecule has 3 aliphatic rings. The lowest BCUT2D eigenvalue weighted by molar-refractivity contribution is -0.424. The van der Waals surface area contributed by atoms with Crippen LogP contribution in [0.15, 0.2) is 94.7 Å². The van der Waals surface area contributed by atoms with Gasteiger partial charge in [-0.25, -0.2) is 0 Å². The minimum atomic E-state index is -0.376. The Bertz CT molecular complexity index is 1590. The molecule has 6 nitrogen and oxygen atoms in total. The molecule has 7 heteroatoms. The van der Waals surface area contributed by atoms with Crippen LogP contribution in [-0.4, -0.2) is 35.2 Å². The van der Waals surface area contributed by atoms with Crippen LogP contribution in [0.25, 0.3) is 0 Å². The average molecular weight is 570 g/mol. The number of anilines is 1. The number of hydrogen-bond acceptors (Lipinski definition) is 3. The summed E-state index contributed by atoms with van der Waals surface area (Å²) in [5.41, 5.74) is 19.2. The van der Waals surface area contributed by atoms with Crippen molar-refractivity contribution in [1.82, 2.24) is 0 Å². The van der Waals surface area contributed by atoms with E-state index in [9.17, 15) is 9.59 Å². The molecule has 41 heavy (non-hydrogen) atoms. The molecule has 4 N–H and O–H groups in total. The number of benzene rings is 2. The molecule has 1 aliphatic carbocycles. The highest BCUT2D eigenvalue weighted by Crippen LogP contribution is 2.48. The van der Waals surface area contributed by atoms with Crippen molar-refractivity contribution in [3.8, 4) is 0 Å². The molecule has 2 aromatic carbocycles. The number of allylic oxidation sites excluding steroid dienone is 8. The molecule has 2 aromatic rings. The van der Waals surface area contributed by atoms with Crippen LogP contribution in [-0.2, 0) is 20.4 Å². The van der Waals surface area contributed by atoms with Gasteiger partial charge in [0.1, 0.15) is 6.54 Å². The van der Waals surface area contributed by atoms with E-state index < -0.39 is 0 Å². The Labute approximate surface area is 247 Å². The van der Waals surface area contributed by atoms with Crippen LogP contribution in [0.3, 0.4) is 0 Å². The van der Waals surface area contributed by atoms with Crippen LogP contribution in [0, 0.1) is 0 Å². The quantitative estimate of drug-likeness (QED) is 0.408. The smallest absolute Gasteiger partial charge is 0.283 e. The van der Waals surface area contributed by atoms with Crippen molar-refractivity contribution in [3.63, 3.8) is 0 Å². The minimum absolute atomic E-state index is 0.117. The molecule has 0 saturated carbocycles. The zero-order valence-corrected chi connectivity index (χ0v) is 25.0. The third kappa shape index (κ3) is 5.17. The summed E-state index contributed by atoms with van der Waals surface area (Å²) in [4.78, 5) is 26.0. The molecular formula is C34H38ClN4O2+. The van der Waals surface area contributed by atoms with Gasteiger partial charge in [-0.05, 0) is 62.0 Å². The van der Waals surface area contributed by atoms with Gasteiger partial charge in [0.15, 0.2) is 5.71 Å². The Morgan fingerprint density at radius 3 is 2.29 bits per heavy atom. The first kappa shape index (κ1) is 28.6. The van der Waals surface area contributed by atoms with Crippen LogP contribution in [0.2, 0.25) is 0 Å². The fourth-order valence-corrected chi connectivity index (χ4v) is 6.82. The minimum Gasteiger partial charge on any atom is -0.368 e. The molecular weight excluding hydrogens is 532 g/mol. The summed E-state index contributed by atoms with van der Waals surface area (Å²) in [5, 5.41) is 0.745. The van der Waals surface area contributed by atoms with Gasteiger partial charge < -0.3 is 16.4 Å². The van der Waals surface area contributed by atoms with E-state index in [1.54, 1.807) is 0 Å². The van der Waals surface area contributed by atoms with Crippen LogP contribution < -0.4 is 16.4 Å². The number of rotatable bonds is 7. The normalized spacial score (nSPS) is 21.2. The number of carbonyl (C=O) groups is 2. The van der Waals surface area contributed by atoms with E-state index in [1.807, 2.05) is 45.9 Å². The Morgan fingerprint density at radius 1 is 0.902 bits per heavy atom. The number of hydrogen-bond donors (Lipinski definition) is 2. The first-order valence-electron chi connectivity index (χ1n) is 14.1. The number of amides is 2. The van der Waals surface area contributed by atoms with Gasteiger partial charge in [-0.15, -0.1) is 0 Å². The lowest BCUT2D eigenvalue weighted by Crippen LogP contribution is -2.34. The number of nitrogens with zero attached hydrogens (tertiary/aromatic N) is 2. The Balaban J connectivity index is 1.51. The molecule has 0 unspecified atom stereocenters. The van der Waals surface area contributed by atoms with Crippen molar-refractivity contribution >= 4 is 40.5 Å². The number of para-hydroxylation sites is 2. The van der Waals surface area contributed by atoms with Crippen molar-refractivity contribution in [2.75, 3.05) is 18.0 Å². The van der Waals surface area contributed by atoms with E-state index in [0.29, 0.717) is 0 Å². The van der Waals surface area contributed by atoms with Gasteiger partial charge in [0.05, 0.1) is 5.41 Å². The summed E-state index contributed by atoms with van der Waals surface area (Å²) in [5.74, 6) is -0.752. The lowest BCUT2D eigenvalue weighted by atomic mass is 9.81. The fraction of sp³-hybridized carbons (Fsp3) is 0.324. The Morgan fingerprint density at radius 2 is 1.59 bits per heavy atom. The van der Waals surface area contributed by atoms with Gasteiger partial charge >= 0.3 is 0 Å². The molecule has 0 aromatic heterocycles. The second-order valence-electron chi connectivity index (χ2n) is 12.0. The number of carbonyl (C=O) groups excluding carboxylic acids is 2. The molecule has 0 bridgehead atoms. The van der Waals surface area contributed by atoms with E-state index in [4.69, 9.17) is 23.1 Å². The number of halogens is 1. The number of primary amides is 2. The molecule has 2 aliphatic heterocycles. The van der Waals surface area contributed by atoms with Crippen LogP contribution in [0.4, 0.5) is 11.4 Å². The standard InChI is InChI=1S/C34H37ClN4O2/c1-33(2)24-12-5-7-14-26(24)38(20-30(36)40)28(33)18-16-22-10-9-11-23(32(22)35)17-19-29-34(3,4)25-13-6-8-15-27(25)39(29)21-31(37)41/h5-8,12-19H,9-11,20-21H2,1-4H3,(H3-,36,37,40,41)/p+1. The molecule has 0 saturated heterocycles.